The topological polar surface area (TPSA) is 65.5 Å². The summed E-state index contributed by atoms with van der Waals surface area (Å²) >= 11 is 0. The van der Waals surface area contributed by atoms with E-state index in [2.05, 4.69) is 0 Å². The first-order chi connectivity index (χ1) is 7.71. The Bertz CT molecular complexity index is 333. The van der Waals surface area contributed by atoms with Crippen LogP contribution in [0.25, 0.3) is 0 Å². The number of ether oxygens (including phenoxy) is 1. The van der Waals surface area contributed by atoms with Crippen molar-refractivity contribution in [2.75, 3.05) is 13.2 Å². The second-order valence-corrected chi connectivity index (χ2v) is 3.61. The Morgan fingerprint density at radius 2 is 2.12 bits per heavy atom. The van der Waals surface area contributed by atoms with E-state index in [4.69, 9.17) is 14.9 Å². The molecule has 0 radical (unpaired) electrons. The van der Waals surface area contributed by atoms with E-state index >= 15 is 0 Å². The van der Waals surface area contributed by atoms with E-state index < -0.39 is 0 Å². The molecular weight excluding hydrogens is 206 g/mol. The average molecular weight is 225 g/mol. The number of nitrogens with two attached hydrogens (primary N) is 1. The van der Waals surface area contributed by atoms with Gasteiger partial charge in [-0.1, -0.05) is 6.92 Å². The molecule has 2 N–H and O–H groups in total. The summed E-state index contributed by atoms with van der Waals surface area (Å²) in [6.07, 6.45) is 1.36. The maximum Gasteiger partial charge on any atom is 0.310 e. The van der Waals surface area contributed by atoms with Crippen molar-refractivity contribution in [3.05, 3.63) is 23.7 Å². The van der Waals surface area contributed by atoms with E-state index in [1.807, 2.05) is 19.1 Å². The highest BCUT2D eigenvalue weighted by molar-refractivity contribution is 5.72. The molecule has 0 aliphatic heterocycles. The Labute approximate surface area is 95.8 Å². The third kappa shape index (κ3) is 3.38. The summed E-state index contributed by atoms with van der Waals surface area (Å²) in [5, 5.41) is 0. The maximum atomic E-state index is 11.5. The second kappa shape index (κ2) is 6.33. The predicted molar refractivity (Wildman–Crippen MR) is 61.0 cm³/mol. The standard InChI is InChI=1S/C12H19NO3/c1-3-10-5-6-11(16-10)7-9(8-13)12(14)15-4-2/h5-6,9H,3-4,7-8,13H2,1-2H3. The molecule has 1 unspecified atom stereocenters. The van der Waals surface area contributed by atoms with Gasteiger partial charge in [-0.25, -0.2) is 0 Å². The summed E-state index contributed by atoms with van der Waals surface area (Å²) in [4.78, 5) is 11.5. The number of carbonyl (C=O) groups is 1. The summed E-state index contributed by atoms with van der Waals surface area (Å²) in [5.41, 5.74) is 5.55. The fraction of sp³-hybridized carbons (Fsp3) is 0.583. The number of hydrogen-bond acceptors (Lipinski definition) is 4. The number of furan rings is 1. The van der Waals surface area contributed by atoms with Crippen LogP contribution < -0.4 is 5.73 Å². The Morgan fingerprint density at radius 3 is 2.62 bits per heavy atom. The van der Waals surface area contributed by atoms with Crippen molar-refractivity contribution in [3.8, 4) is 0 Å². The number of hydrogen-bond donors (Lipinski definition) is 1. The Morgan fingerprint density at radius 1 is 1.44 bits per heavy atom. The average Bonchev–Trinajstić information content (AvgIpc) is 2.73. The van der Waals surface area contributed by atoms with Crippen molar-refractivity contribution in [2.24, 2.45) is 11.7 Å². The molecule has 1 aromatic rings. The molecule has 4 nitrogen and oxygen atoms in total. The molecule has 4 heteroatoms. The van der Waals surface area contributed by atoms with Crippen molar-refractivity contribution < 1.29 is 13.9 Å². The van der Waals surface area contributed by atoms with Gasteiger partial charge < -0.3 is 14.9 Å². The lowest BCUT2D eigenvalue weighted by molar-refractivity contribution is -0.147. The van der Waals surface area contributed by atoms with Crippen LogP contribution in [0.15, 0.2) is 16.5 Å². The molecule has 0 saturated carbocycles. The molecule has 1 rings (SSSR count). The zero-order valence-corrected chi connectivity index (χ0v) is 9.86. The smallest absolute Gasteiger partial charge is 0.310 e. The molecule has 0 bridgehead atoms. The number of aryl methyl sites for hydroxylation is 1. The molecule has 0 fully saturated rings. The van der Waals surface area contributed by atoms with E-state index in [1.165, 1.54) is 0 Å². The van der Waals surface area contributed by atoms with Crippen molar-refractivity contribution in [3.63, 3.8) is 0 Å². The summed E-state index contributed by atoms with van der Waals surface area (Å²) in [5.74, 6) is 1.16. The lowest BCUT2D eigenvalue weighted by atomic mass is 10.0. The van der Waals surface area contributed by atoms with Crippen molar-refractivity contribution >= 4 is 5.97 Å². The minimum atomic E-state index is -0.309. The largest absolute Gasteiger partial charge is 0.466 e. The van der Waals surface area contributed by atoms with Gasteiger partial charge in [0, 0.05) is 19.4 Å². The Balaban J connectivity index is 2.58. The van der Waals surface area contributed by atoms with Gasteiger partial charge in [0.25, 0.3) is 0 Å². The Hall–Kier alpha value is -1.29. The fourth-order valence-electron chi connectivity index (χ4n) is 1.49. The minimum absolute atomic E-state index is 0.251. The fourth-order valence-corrected chi connectivity index (χ4v) is 1.49. The van der Waals surface area contributed by atoms with Gasteiger partial charge in [-0.2, -0.15) is 0 Å². The highest BCUT2D eigenvalue weighted by Gasteiger charge is 2.20. The lowest BCUT2D eigenvalue weighted by Gasteiger charge is -2.11. The zero-order chi connectivity index (χ0) is 12.0. The SMILES string of the molecule is CCOC(=O)C(CN)Cc1ccc(CC)o1. The molecule has 1 heterocycles. The molecule has 0 aromatic carbocycles. The monoisotopic (exact) mass is 225 g/mol. The van der Waals surface area contributed by atoms with Crippen LogP contribution in [-0.2, 0) is 22.4 Å². The van der Waals surface area contributed by atoms with Crippen LogP contribution in [0.1, 0.15) is 25.4 Å². The van der Waals surface area contributed by atoms with Crippen LogP contribution >= 0.6 is 0 Å². The summed E-state index contributed by atoms with van der Waals surface area (Å²) in [6.45, 7) is 4.47. The van der Waals surface area contributed by atoms with E-state index in [0.29, 0.717) is 13.0 Å². The molecular formula is C12H19NO3. The molecule has 0 aliphatic carbocycles. The normalized spacial score (nSPS) is 12.4. The van der Waals surface area contributed by atoms with Gasteiger partial charge in [-0.15, -0.1) is 0 Å². The minimum Gasteiger partial charge on any atom is -0.466 e. The first-order valence-corrected chi connectivity index (χ1v) is 5.65. The van der Waals surface area contributed by atoms with Gasteiger partial charge in [0.1, 0.15) is 11.5 Å². The number of esters is 1. The number of carbonyl (C=O) groups excluding carboxylic acids is 1. The summed E-state index contributed by atoms with van der Waals surface area (Å²) < 4.78 is 10.5. The summed E-state index contributed by atoms with van der Waals surface area (Å²) in [7, 11) is 0. The quantitative estimate of drug-likeness (QED) is 0.745. The second-order valence-electron chi connectivity index (χ2n) is 3.61. The van der Waals surface area contributed by atoms with Gasteiger partial charge in [0.15, 0.2) is 0 Å². The zero-order valence-electron chi connectivity index (χ0n) is 9.86. The van der Waals surface area contributed by atoms with Crippen molar-refractivity contribution in [2.45, 2.75) is 26.7 Å². The third-order valence-electron chi connectivity index (χ3n) is 2.42. The van der Waals surface area contributed by atoms with Crippen molar-refractivity contribution in [1.82, 2.24) is 0 Å². The van der Waals surface area contributed by atoms with Crippen molar-refractivity contribution in [1.29, 1.82) is 0 Å². The molecule has 16 heavy (non-hydrogen) atoms. The molecule has 0 spiro atoms. The van der Waals surface area contributed by atoms with E-state index in [0.717, 1.165) is 17.9 Å². The lowest BCUT2D eigenvalue weighted by Crippen LogP contribution is -2.27. The Kier molecular flexibility index (Phi) is 5.05. The molecule has 0 saturated heterocycles. The van der Waals surface area contributed by atoms with Gasteiger partial charge in [0.05, 0.1) is 12.5 Å². The van der Waals surface area contributed by atoms with Crippen LogP contribution in [0.4, 0.5) is 0 Å². The first-order valence-electron chi connectivity index (χ1n) is 5.65. The van der Waals surface area contributed by atoms with E-state index in [-0.39, 0.29) is 18.4 Å². The third-order valence-corrected chi connectivity index (χ3v) is 2.42. The highest BCUT2D eigenvalue weighted by atomic mass is 16.5. The van der Waals surface area contributed by atoms with Crippen LogP contribution in [0.3, 0.4) is 0 Å². The molecule has 0 amide bonds. The van der Waals surface area contributed by atoms with Gasteiger partial charge >= 0.3 is 5.97 Å². The van der Waals surface area contributed by atoms with Gasteiger partial charge in [-0.3, -0.25) is 4.79 Å². The van der Waals surface area contributed by atoms with Crippen LogP contribution in [0, 0.1) is 5.92 Å². The van der Waals surface area contributed by atoms with Gasteiger partial charge in [-0.05, 0) is 19.1 Å². The van der Waals surface area contributed by atoms with E-state index in [1.54, 1.807) is 6.92 Å². The van der Waals surface area contributed by atoms with Crippen LogP contribution in [0.2, 0.25) is 0 Å². The molecule has 1 atom stereocenters. The number of rotatable bonds is 6. The van der Waals surface area contributed by atoms with E-state index in [9.17, 15) is 4.79 Å². The van der Waals surface area contributed by atoms with Crippen LogP contribution in [0.5, 0.6) is 0 Å². The molecule has 90 valence electrons. The van der Waals surface area contributed by atoms with Gasteiger partial charge in [0.2, 0.25) is 0 Å². The molecule has 1 aromatic heterocycles. The highest BCUT2D eigenvalue weighted by Crippen LogP contribution is 2.14. The maximum absolute atomic E-state index is 11.5. The first kappa shape index (κ1) is 12.8. The summed E-state index contributed by atoms with van der Waals surface area (Å²) in [6, 6.07) is 3.81. The van der Waals surface area contributed by atoms with Crippen LogP contribution in [-0.4, -0.2) is 19.1 Å². The predicted octanol–water partition coefficient (Wildman–Crippen LogP) is 1.52. The molecule has 0 aliphatic rings.